The second-order valence-corrected chi connectivity index (χ2v) is 8.69. The molecule has 1 aliphatic heterocycles. The van der Waals surface area contributed by atoms with Gasteiger partial charge >= 0.3 is 14.7 Å². The highest BCUT2D eigenvalue weighted by Crippen LogP contribution is 2.46. The lowest BCUT2D eigenvalue weighted by atomic mass is 9.79. The van der Waals surface area contributed by atoms with Crippen molar-refractivity contribution in [2.24, 2.45) is 0 Å². The zero-order valence-electron chi connectivity index (χ0n) is 15.1. The van der Waals surface area contributed by atoms with Gasteiger partial charge in [-0.15, -0.1) is 0 Å². The first-order valence-electron chi connectivity index (χ1n) is 8.10. The lowest BCUT2D eigenvalue weighted by Crippen LogP contribution is -2.41. The van der Waals surface area contributed by atoms with Crippen LogP contribution in [0.4, 0.5) is 4.39 Å². The van der Waals surface area contributed by atoms with Gasteiger partial charge in [0, 0.05) is 0 Å². The molecule has 1 aromatic carbocycles. The first-order valence-corrected chi connectivity index (χ1v) is 9.64. The zero-order chi connectivity index (χ0) is 18.2. The fraction of sp³-hybridized carbons (Fsp3) is 0.625. The molecule has 1 aliphatic rings. The molecule has 0 bridgehead atoms. The molecule has 0 saturated carbocycles. The van der Waals surface area contributed by atoms with E-state index < -0.39 is 31.7 Å². The van der Waals surface area contributed by atoms with E-state index in [2.05, 4.69) is 0 Å². The van der Waals surface area contributed by atoms with Gasteiger partial charge in [-0.05, 0) is 65.2 Å². The lowest BCUT2D eigenvalue weighted by molar-refractivity contribution is 0.00578. The summed E-state index contributed by atoms with van der Waals surface area (Å²) in [4.78, 5) is 0. The lowest BCUT2D eigenvalue weighted by Gasteiger charge is -2.32. The van der Waals surface area contributed by atoms with E-state index in [9.17, 15) is 8.96 Å². The zero-order valence-corrected chi connectivity index (χ0v) is 16.0. The minimum atomic E-state index is -3.58. The third-order valence-corrected chi connectivity index (χ3v) is 6.43. The van der Waals surface area contributed by atoms with Crippen LogP contribution in [-0.4, -0.2) is 31.5 Å². The fourth-order valence-electron chi connectivity index (χ4n) is 2.40. The van der Waals surface area contributed by atoms with Crippen molar-refractivity contribution < 1.29 is 27.3 Å². The Balaban J connectivity index is 2.41. The number of halogens is 1. The van der Waals surface area contributed by atoms with E-state index in [0.29, 0.717) is 5.46 Å². The molecule has 0 radical (unpaired) electrons. The van der Waals surface area contributed by atoms with Crippen LogP contribution in [0.15, 0.2) is 18.2 Å². The van der Waals surface area contributed by atoms with Crippen molar-refractivity contribution in [2.75, 3.05) is 13.2 Å². The Bertz CT molecular complexity index is 623. The summed E-state index contributed by atoms with van der Waals surface area (Å²) < 4.78 is 49.5. The molecule has 1 heterocycles. The minimum Gasteiger partial charge on any atom is -0.399 e. The highest BCUT2D eigenvalue weighted by atomic mass is 31.2. The van der Waals surface area contributed by atoms with Crippen LogP contribution < -0.4 is 10.8 Å². The predicted octanol–water partition coefficient (Wildman–Crippen LogP) is 3.02. The van der Waals surface area contributed by atoms with E-state index in [0.717, 1.165) is 0 Å². The number of hydrogen-bond acceptors (Lipinski definition) is 5. The minimum absolute atomic E-state index is 0.163. The normalized spacial score (nSPS) is 19.7. The van der Waals surface area contributed by atoms with Crippen molar-refractivity contribution in [1.82, 2.24) is 0 Å². The SMILES string of the molecule is CCOP(=O)(OCC)c1cc(F)cc(B2OC(C)(C)C(C)(C)O2)c1. The molecule has 0 spiro atoms. The maximum Gasteiger partial charge on any atom is 0.494 e. The molecule has 0 aliphatic carbocycles. The van der Waals surface area contributed by atoms with E-state index in [1.54, 1.807) is 19.9 Å². The molecule has 1 fully saturated rings. The van der Waals surface area contributed by atoms with Gasteiger partial charge in [0.1, 0.15) is 5.82 Å². The monoisotopic (exact) mass is 358 g/mol. The standard InChI is InChI=1S/C16H25BFO5P/c1-7-20-24(19,21-8-2)14-10-12(9-13(18)11-14)17-22-15(3,4)16(5,6)23-17/h9-11H,7-8H2,1-6H3. The molecule has 1 saturated heterocycles. The third-order valence-electron chi connectivity index (χ3n) is 4.34. The molecule has 0 aromatic heterocycles. The van der Waals surface area contributed by atoms with Crippen molar-refractivity contribution in [1.29, 1.82) is 0 Å². The van der Waals surface area contributed by atoms with Gasteiger partial charge in [-0.2, -0.15) is 0 Å². The predicted molar refractivity (Wildman–Crippen MR) is 92.6 cm³/mol. The van der Waals surface area contributed by atoms with Gasteiger partial charge in [-0.25, -0.2) is 4.39 Å². The number of benzene rings is 1. The Morgan fingerprint density at radius 2 is 1.54 bits per heavy atom. The van der Waals surface area contributed by atoms with Gasteiger partial charge < -0.3 is 18.4 Å². The van der Waals surface area contributed by atoms with Crippen LogP contribution in [-0.2, 0) is 22.9 Å². The van der Waals surface area contributed by atoms with Crippen molar-refractivity contribution in [2.45, 2.75) is 52.7 Å². The maximum absolute atomic E-state index is 14.1. The summed E-state index contributed by atoms with van der Waals surface area (Å²) in [5.74, 6) is -0.545. The molecule has 8 heteroatoms. The topological polar surface area (TPSA) is 54.0 Å². The van der Waals surface area contributed by atoms with Gasteiger partial charge in [-0.1, -0.05) is 0 Å². The summed E-state index contributed by atoms with van der Waals surface area (Å²) >= 11 is 0. The molecule has 2 rings (SSSR count). The highest BCUT2D eigenvalue weighted by Gasteiger charge is 2.52. The third kappa shape index (κ3) is 3.76. The van der Waals surface area contributed by atoms with Crippen molar-refractivity contribution in [3.63, 3.8) is 0 Å². The largest absolute Gasteiger partial charge is 0.494 e. The molecule has 0 N–H and O–H groups in total. The average molecular weight is 358 g/mol. The Morgan fingerprint density at radius 1 is 1.04 bits per heavy atom. The fourth-order valence-corrected chi connectivity index (χ4v) is 4.04. The van der Waals surface area contributed by atoms with Crippen LogP contribution in [0.1, 0.15) is 41.5 Å². The summed E-state index contributed by atoms with van der Waals surface area (Å²) in [6.45, 7) is 11.5. The highest BCUT2D eigenvalue weighted by molar-refractivity contribution is 7.62. The van der Waals surface area contributed by atoms with Crippen molar-refractivity contribution in [3.05, 3.63) is 24.0 Å². The van der Waals surface area contributed by atoms with Gasteiger partial charge in [0.05, 0.1) is 29.7 Å². The Morgan fingerprint density at radius 3 is 2.00 bits per heavy atom. The summed E-state index contributed by atoms with van der Waals surface area (Å²) in [7, 11) is -4.33. The van der Waals surface area contributed by atoms with Crippen LogP contribution in [0.3, 0.4) is 0 Å². The van der Waals surface area contributed by atoms with Crippen molar-refractivity contribution >= 4 is 25.5 Å². The van der Waals surface area contributed by atoms with E-state index in [-0.39, 0.29) is 18.5 Å². The Kier molecular flexibility index (Phi) is 5.63. The molecule has 24 heavy (non-hydrogen) atoms. The molecular weight excluding hydrogens is 333 g/mol. The second-order valence-electron chi connectivity index (χ2n) is 6.66. The quantitative estimate of drug-likeness (QED) is 0.578. The van der Waals surface area contributed by atoms with E-state index in [4.69, 9.17) is 18.4 Å². The smallest absolute Gasteiger partial charge is 0.399 e. The van der Waals surface area contributed by atoms with Gasteiger partial charge in [0.2, 0.25) is 0 Å². The second kappa shape index (κ2) is 6.89. The van der Waals surface area contributed by atoms with Gasteiger partial charge in [0.15, 0.2) is 0 Å². The molecule has 1 aromatic rings. The van der Waals surface area contributed by atoms with Crippen LogP contribution in [0.5, 0.6) is 0 Å². The average Bonchev–Trinajstić information content (AvgIpc) is 2.67. The van der Waals surface area contributed by atoms with Gasteiger partial charge in [0.25, 0.3) is 0 Å². The molecule has 5 nitrogen and oxygen atoms in total. The summed E-state index contributed by atoms with van der Waals surface area (Å²) in [5, 5.41) is 0.163. The van der Waals surface area contributed by atoms with Crippen molar-refractivity contribution in [3.8, 4) is 0 Å². The molecule has 0 atom stereocenters. The van der Waals surface area contributed by atoms with Crippen LogP contribution in [0.25, 0.3) is 0 Å². The molecular formula is C16H25BFO5P. The Hall–Kier alpha value is -0.715. The van der Waals surface area contributed by atoms with Crippen LogP contribution in [0.2, 0.25) is 0 Å². The van der Waals surface area contributed by atoms with E-state index in [1.165, 1.54) is 12.1 Å². The first kappa shape index (κ1) is 19.6. The summed E-state index contributed by atoms with van der Waals surface area (Å²) in [6.07, 6.45) is 0. The van der Waals surface area contributed by atoms with Gasteiger partial charge in [-0.3, -0.25) is 4.57 Å². The number of hydrogen-bond donors (Lipinski definition) is 0. The van der Waals surface area contributed by atoms with Crippen LogP contribution >= 0.6 is 7.60 Å². The summed E-state index contributed by atoms with van der Waals surface area (Å²) in [5.41, 5.74) is -0.648. The van der Waals surface area contributed by atoms with Crippen LogP contribution in [0, 0.1) is 5.82 Å². The molecule has 134 valence electrons. The Labute approximate surface area is 143 Å². The molecule has 0 unspecified atom stereocenters. The first-order chi connectivity index (χ1) is 11.0. The van der Waals surface area contributed by atoms with E-state index >= 15 is 0 Å². The number of rotatable bonds is 6. The molecule has 0 amide bonds. The summed E-state index contributed by atoms with van der Waals surface area (Å²) in [6, 6.07) is 4.05. The maximum atomic E-state index is 14.1. The van der Waals surface area contributed by atoms with E-state index in [1.807, 2.05) is 27.7 Å².